The number of para-hydroxylation sites is 1. The molecule has 0 saturated carbocycles. The first kappa shape index (κ1) is 15.1. The summed E-state index contributed by atoms with van der Waals surface area (Å²) in [5, 5.41) is 1.63. The highest BCUT2D eigenvalue weighted by molar-refractivity contribution is 8.00. The van der Waals surface area contributed by atoms with Crippen LogP contribution in [0.4, 0.5) is 5.69 Å². The summed E-state index contributed by atoms with van der Waals surface area (Å²) in [6.45, 7) is 0. The zero-order valence-corrected chi connectivity index (χ0v) is 14.2. The normalized spacial score (nSPS) is 10.9. The van der Waals surface area contributed by atoms with E-state index in [0.29, 0.717) is 5.15 Å². The number of nitrogens with one attached hydrogen (secondary N) is 2. The number of fused-ring (bicyclic) bond motifs is 1. The minimum Gasteiger partial charge on any atom is -0.354 e. The van der Waals surface area contributed by atoms with Crippen LogP contribution in [0.1, 0.15) is 0 Å². The molecule has 0 amide bonds. The van der Waals surface area contributed by atoms with Crippen molar-refractivity contribution in [2.24, 2.45) is 0 Å². The number of benzene rings is 2. The average Bonchev–Trinajstić information content (AvgIpc) is 3.06. The van der Waals surface area contributed by atoms with E-state index in [-0.39, 0.29) is 0 Å². The summed E-state index contributed by atoms with van der Waals surface area (Å²) < 4.78 is 3.28. The van der Waals surface area contributed by atoms with E-state index in [1.54, 1.807) is 6.20 Å². The highest BCUT2D eigenvalue weighted by atomic mass is 35.5. The number of aromatic amines is 1. The van der Waals surface area contributed by atoms with Crippen molar-refractivity contribution in [3.05, 3.63) is 78.1 Å². The lowest BCUT2D eigenvalue weighted by molar-refractivity contribution is 1.31. The molecule has 3 nitrogen and oxygen atoms in total. The van der Waals surface area contributed by atoms with E-state index in [4.69, 9.17) is 11.6 Å². The Balaban J connectivity index is 1.63. The van der Waals surface area contributed by atoms with Gasteiger partial charge in [0.1, 0.15) is 0 Å². The maximum absolute atomic E-state index is 6.23. The molecule has 5 heteroatoms. The number of H-pyrrole nitrogens is 1. The maximum Gasteiger partial charge on any atom is 0.152 e. The van der Waals surface area contributed by atoms with Crippen LogP contribution >= 0.6 is 23.5 Å². The summed E-state index contributed by atoms with van der Waals surface area (Å²) >= 11 is 7.74. The fourth-order valence-electron chi connectivity index (χ4n) is 2.50. The van der Waals surface area contributed by atoms with Gasteiger partial charge in [0.2, 0.25) is 0 Å². The van der Waals surface area contributed by atoms with Crippen molar-refractivity contribution < 1.29 is 0 Å². The summed E-state index contributed by atoms with van der Waals surface area (Å²) in [6, 6.07) is 22.4. The van der Waals surface area contributed by atoms with E-state index < -0.39 is 0 Å². The van der Waals surface area contributed by atoms with Gasteiger partial charge in [0.15, 0.2) is 5.15 Å². The third kappa shape index (κ3) is 3.11. The molecule has 0 aliphatic rings. The van der Waals surface area contributed by atoms with E-state index in [0.717, 1.165) is 27.4 Å². The Bertz CT molecular complexity index is 949. The van der Waals surface area contributed by atoms with Crippen molar-refractivity contribution in [3.8, 4) is 11.3 Å². The molecule has 2 N–H and O–H groups in total. The molecule has 24 heavy (non-hydrogen) atoms. The van der Waals surface area contributed by atoms with Gasteiger partial charge in [-0.25, -0.2) is 4.98 Å². The Hall–Kier alpha value is -2.43. The number of rotatable bonds is 4. The highest BCUT2D eigenvalue weighted by Gasteiger charge is 2.08. The predicted molar refractivity (Wildman–Crippen MR) is 102 cm³/mol. The Labute approximate surface area is 149 Å². The zero-order valence-electron chi connectivity index (χ0n) is 12.7. The van der Waals surface area contributed by atoms with Gasteiger partial charge < -0.3 is 9.71 Å². The molecule has 4 aromatic rings. The minimum atomic E-state index is 0.457. The number of nitrogens with zero attached hydrogens (tertiary/aromatic N) is 1. The molecule has 2 aromatic heterocycles. The second kappa shape index (κ2) is 6.59. The van der Waals surface area contributed by atoms with E-state index >= 15 is 0 Å². The van der Waals surface area contributed by atoms with Gasteiger partial charge in [-0.15, -0.1) is 0 Å². The molecule has 0 spiro atoms. The van der Waals surface area contributed by atoms with Crippen LogP contribution < -0.4 is 4.72 Å². The van der Waals surface area contributed by atoms with Gasteiger partial charge in [0.25, 0.3) is 0 Å². The second-order valence-electron chi connectivity index (χ2n) is 5.35. The monoisotopic (exact) mass is 351 g/mol. The Morgan fingerprint density at radius 3 is 2.58 bits per heavy atom. The molecule has 4 rings (SSSR count). The van der Waals surface area contributed by atoms with Crippen LogP contribution in [0.5, 0.6) is 0 Å². The molecule has 0 atom stereocenters. The average molecular weight is 352 g/mol. The Kier molecular flexibility index (Phi) is 4.15. The van der Waals surface area contributed by atoms with Crippen LogP contribution in [0, 0.1) is 0 Å². The SMILES string of the molecule is Clc1ncc(-c2cc3ccccc3[nH]2)cc1NSc1ccccc1. The van der Waals surface area contributed by atoms with Gasteiger partial charge >= 0.3 is 0 Å². The number of hydrogen-bond donors (Lipinski definition) is 2. The van der Waals surface area contributed by atoms with Crippen LogP contribution in [-0.2, 0) is 0 Å². The van der Waals surface area contributed by atoms with Crippen LogP contribution in [0.2, 0.25) is 5.15 Å². The molecule has 0 radical (unpaired) electrons. The number of hydrogen-bond acceptors (Lipinski definition) is 3. The van der Waals surface area contributed by atoms with Gasteiger partial charge in [-0.3, -0.25) is 0 Å². The quantitative estimate of drug-likeness (QED) is 0.350. The lowest BCUT2D eigenvalue weighted by Crippen LogP contribution is -1.91. The second-order valence-corrected chi connectivity index (χ2v) is 6.59. The maximum atomic E-state index is 6.23. The first-order valence-electron chi connectivity index (χ1n) is 7.51. The fourth-order valence-corrected chi connectivity index (χ4v) is 3.38. The first-order chi connectivity index (χ1) is 11.8. The third-order valence-electron chi connectivity index (χ3n) is 3.70. The summed E-state index contributed by atoms with van der Waals surface area (Å²) in [5.41, 5.74) is 3.91. The number of halogens is 1. The standard InChI is InChI=1S/C19H14ClN3S/c20-19-18(23-24-15-7-2-1-3-8-15)11-14(12-21-19)17-10-13-6-4-5-9-16(13)22-17/h1-12,22-23H. The summed E-state index contributed by atoms with van der Waals surface area (Å²) in [4.78, 5) is 8.84. The summed E-state index contributed by atoms with van der Waals surface area (Å²) in [7, 11) is 0. The smallest absolute Gasteiger partial charge is 0.152 e. The van der Waals surface area contributed by atoms with E-state index in [9.17, 15) is 0 Å². The van der Waals surface area contributed by atoms with E-state index in [2.05, 4.69) is 32.9 Å². The Morgan fingerprint density at radius 2 is 1.75 bits per heavy atom. The number of pyridine rings is 1. The van der Waals surface area contributed by atoms with Gasteiger partial charge in [-0.05, 0) is 42.3 Å². The molecular weight excluding hydrogens is 338 g/mol. The fraction of sp³-hybridized carbons (Fsp3) is 0. The largest absolute Gasteiger partial charge is 0.354 e. The minimum absolute atomic E-state index is 0.457. The van der Waals surface area contributed by atoms with Crippen molar-refractivity contribution in [3.63, 3.8) is 0 Å². The van der Waals surface area contributed by atoms with Gasteiger partial charge in [0, 0.05) is 33.3 Å². The van der Waals surface area contributed by atoms with Crippen LogP contribution in [-0.4, -0.2) is 9.97 Å². The number of aromatic nitrogens is 2. The molecule has 0 saturated heterocycles. The summed E-state index contributed by atoms with van der Waals surface area (Å²) in [6.07, 6.45) is 1.78. The highest BCUT2D eigenvalue weighted by Crippen LogP contribution is 2.31. The lowest BCUT2D eigenvalue weighted by Gasteiger charge is -2.08. The molecule has 0 unspecified atom stereocenters. The Morgan fingerprint density at radius 1 is 0.958 bits per heavy atom. The van der Waals surface area contributed by atoms with Gasteiger partial charge in [-0.2, -0.15) is 0 Å². The van der Waals surface area contributed by atoms with Crippen molar-refractivity contribution in [2.75, 3.05) is 4.72 Å². The van der Waals surface area contributed by atoms with Crippen LogP contribution in [0.15, 0.2) is 77.8 Å². The molecule has 0 aliphatic carbocycles. The molecule has 118 valence electrons. The summed E-state index contributed by atoms with van der Waals surface area (Å²) in [5.74, 6) is 0. The van der Waals surface area contributed by atoms with Crippen molar-refractivity contribution >= 4 is 40.1 Å². The lowest BCUT2D eigenvalue weighted by atomic mass is 10.2. The van der Waals surface area contributed by atoms with Crippen molar-refractivity contribution in [1.29, 1.82) is 0 Å². The van der Waals surface area contributed by atoms with E-state index in [1.807, 2.05) is 48.5 Å². The first-order valence-corrected chi connectivity index (χ1v) is 8.70. The molecule has 0 fully saturated rings. The molecule has 2 aromatic carbocycles. The molecule has 0 bridgehead atoms. The third-order valence-corrected chi connectivity index (χ3v) is 4.83. The molecular formula is C19H14ClN3S. The van der Waals surface area contributed by atoms with Crippen molar-refractivity contribution in [1.82, 2.24) is 9.97 Å². The molecule has 2 heterocycles. The molecule has 0 aliphatic heterocycles. The zero-order chi connectivity index (χ0) is 16.4. The van der Waals surface area contributed by atoms with E-state index in [1.165, 1.54) is 17.3 Å². The van der Waals surface area contributed by atoms with Gasteiger partial charge in [-0.1, -0.05) is 48.0 Å². The van der Waals surface area contributed by atoms with Crippen molar-refractivity contribution in [2.45, 2.75) is 4.90 Å². The van der Waals surface area contributed by atoms with Gasteiger partial charge in [0.05, 0.1) is 5.69 Å². The predicted octanol–water partition coefficient (Wildman–Crippen LogP) is 6.00. The van der Waals surface area contributed by atoms with Crippen LogP contribution in [0.3, 0.4) is 0 Å². The topological polar surface area (TPSA) is 40.7 Å². The number of anilines is 1. The van der Waals surface area contributed by atoms with Crippen LogP contribution in [0.25, 0.3) is 22.2 Å².